The zero-order valence-corrected chi connectivity index (χ0v) is 14.7. The lowest BCUT2D eigenvalue weighted by molar-refractivity contribution is -0.142. The molecule has 7 heteroatoms. The predicted octanol–water partition coefficient (Wildman–Crippen LogP) is 1.55. The summed E-state index contributed by atoms with van der Waals surface area (Å²) in [6.45, 7) is 8.14. The smallest absolute Gasteiger partial charge is 0.251 e. The molecule has 1 aromatic rings. The molecule has 0 saturated heterocycles. The number of rotatable bonds is 10. The van der Waals surface area contributed by atoms with Crippen molar-refractivity contribution in [2.75, 3.05) is 25.0 Å². The summed E-state index contributed by atoms with van der Waals surface area (Å²) < 4.78 is 5.32. The van der Waals surface area contributed by atoms with Crippen molar-refractivity contribution in [3.63, 3.8) is 0 Å². The molecule has 0 radical (unpaired) electrons. The minimum Gasteiger partial charge on any atom is -0.366 e. The average molecular weight is 347 g/mol. The van der Waals surface area contributed by atoms with Crippen LogP contribution in [0.4, 0.5) is 5.69 Å². The van der Waals surface area contributed by atoms with Crippen LogP contribution in [0.3, 0.4) is 0 Å². The van der Waals surface area contributed by atoms with Crippen LogP contribution in [0.1, 0.15) is 30.6 Å². The molecule has 0 bridgehead atoms. The van der Waals surface area contributed by atoms with Gasteiger partial charge in [0.1, 0.15) is 6.10 Å². The van der Waals surface area contributed by atoms with Gasteiger partial charge in [-0.1, -0.05) is 6.08 Å². The molecule has 25 heavy (non-hydrogen) atoms. The van der Waals surface area contributed by atoms with E-state index in [4.69, 9.17) is 10.5 Å². The number of ether oxygens (including phenoxy) is 1. The Morgan fingerprint density at radius 1 is 1.32 bits per heavy atom. The van der Waals surface area contributed by atoms with E-state index in [9.17, 15) is 14.4 Å². The molecule has 0 heterocycles. The molecule has 0 aliphatic rings. The first-order chi connectivity index (χ1) is 11.9. The number of nitrogens with zero attached hydrogens (tertiary/aromatic N) is 1. The molecule has 0 aliphatic heterocycles. The lowest BCUT2D eigenvalue weighted by Gasteiger charge is -2.24. The van der Waals surface area contributed by atoms with Gasteiger partial charge in [0.15, 0.2) is 0 Å². The Hall–Kier alpha value is -2.67. The fourth-order valence-corrected chi connectivity index (χ4v) is 2.14. The van der Waals surface area contributed by atoms with E-state index in [1.807, 2.05) is 6.92 Å². The van der Waals surface area contributed by atoms with E-state index in [1.165, 1.54) is 0 Å². The van der Waals surface area contributed by atoms with Gasteiger partial charge in [-0.3, -0.25) is 14.4 Å². The lowest BCUT2D eigenvalue weighted by Crippen LogP contribution is -2.40. The molecular weight excluding hydrogens is 322 g/mol. The Labute approximate surface area is 147 Å². The maximum absolute atomic E-state index is 12.2. The van der Waals surface area contributed by atoms with Crippen LogP contribution in [0.5, 0.6) is 0 Å². The first-order valence-electron chi connectivity index (χ1n) is 8.10. The third kappa shape index (κ3) is 6.76. The second-order valence-corrected chi connectivity index (χ2v) is 5.42. The van der Waals surface area contributed by atoms with Crippen LogP contribution >= 0.6 is 0 Å². The summed E-state index contributed by atoms with van der Waals surface area (Å²) in [7, 11) is 0. The predicted molar refractivity (Wildman–Crippen MR) is 96.1 cm³/mol. The third-order valence-corrected chi connectivity index (χ3v) is 3.57. The highest BCUT2D eigenvalue weighted by Gasteiger charge is 2.20. The molecule has 0 fully saturated rings. The Kier molecular flexibility index (Phi) is 8.35. The van der Waals surface area contributed by atoms with Gasteiger partial charge in [0.2, 0.25) is 11.8 Å². The second-order valence-electron chi connectivity index (χ2n) is 5.42. The van der Waals surface area contributed by atoms with Gasteiger partial charge >= 0.3 is 0 Å². The fourth-order valence-electron chi connectivity index (χ4n) is 2.14. The molecule has 3 amide bonds. The number of anilines is 1. The number of hydrogen-bond donors (Lipinski definition) is 2. The molecule has 0 spiro atoms. The van der Waals surface area contributed by atoms with Crippen molar-refractivity contribution < 1.29 is 19.1 Å². The number of hydrogen-bond acceptors (Lipinski definition) is 4. The number of carbonyl (C=O) groups excluding carboxylic acids is 3. The first kappa shape index (κ1) is 20.4. The van der Waals surface area contributed by atoms with Crippen molar-refractivity contribution in [3.8, 4) is 0 Å². The number of likely N-dealkylation sites (N-methyl/N-ethyl adjacent to an activating group) is 1. The molecule has 0 aromatic heterocycles. The fraction of sp³-hybridized carbons (Fsp3) is 0.389. The zero-order valence-electron chi connectivity index (χ0n) is 14.7. The van der Waals surface area contributed by atoms with Crippen LogP contribution in [0, 0.1) is 0 Å². The number of nitrogens with two attached hydrogens (primary N) is 1. The average Bonchev–Trinajstić information content (AvgIpc) is 2.60. The monoisotopic (exact) mass is 347 g/mol. The SMILES string of the molecule is C=CCO[C@@H](C)C(=O)N(CC)CCC(=O)Nc1ccc(C(N)=O)cc1. The molecule has 1 atom stereocenters. The van der Waals surface area contributed by atoms with Gasteiger partial charge in [-0.15, -0.1) is 6.58 Å². The van der Waals surface area contributed by atoms with Crippen LogP contribution < -0.4 is 11.1 Å². The Bertz CT molecular complexity index is 613. The molecular formula is C18H25N3O4. The van der Waals surface area contributed by atoms with Crippen LogP contribution in [0.15, 0.2) is 36.9 Å². The van der Waals surface area contributed by atoms with Crippen LogP contribution in [-0.2, 0) is 14.3 Å². The van der Waals surface area contributed by atoms with Gasteiger partial charge in [-0.2, -0.15) is 0 Å². The van der Waals surface area contributed by atoms with E-state index in [0.29, 0.717) is 30.9 Å². The molecule has 3 N–H and O–H groups in total. The van der Waals surface area contributed by atoms with Gasteiger partial charge in [0.05, 0.1) is 6.61 Å². The van der Waals surface area contributed by atoms with Crippen molar-refractivity contribution in [3.05, 3.63) is 42.5 Å². The standard InChI is InChI=1S/C18H25N3O4/c1-4-12-25-13(3)18(24)21(5-2)11-10-16(22)20-15-8-6-14(7-9-15)17(19)23/h4,6-9,13H,1,5,10-12H2,2-3H3,(H2,19,23)(H,20,22)/t13-/m0/s1. The van der Waals surface area contributed by atoms with E-state index in [1.54, 1.807) is 42.2 Å². The maximum Gasteiger partial charge on any atom is 0.251 e. The number of benzene rings is 1. The summed E-state index contributed by atoms with van der Waals surface area (Å²) in [5.41, 5.74) is 6.10. The molecule has 7 nitrogen and oxygen atoms in total. The highest BCUT2D eigenvalue weighted by atomic mass is 16.5. The first-order valence-corrected chi connectivity index (χ1v) is 8.10. The summed E-state index contributed by atoms with van der Waals surface area (Å²) >= 11 is 0. The Balaban J connectivity index is 2.51. The summed E-state index contributed by atoms with van der Waals surface area (Å²) in [5.74, 6) is -0.913. The van der Waals surface area contributed by atoms with Crippen molar-refractivity contribution >= 4 is 23.4 Å². The van der Waals surface area contributed by atoms with E-state index >= 15 is 0 Å². The molecule has 0 unspecified atom stereocenters. The summed E-state index contributed by atoms with van der Waals surface area (Å²) in [5, 5.41) is 2.72. The highest BCUT2D eigenvalue weighted by molar-refractivity contribution is 5.95. The summed E-state index contributed by atoms with van der Waals surface area (Å²) in [6, 6.07) is 6.29. The number of nitrogens with one attached hydrogen (secondary N) is 1. The van der Waals surface area contributed by atoms with Crippen LogP contribution in [0.2, 0.25) is 0 Å². The van der Waals surface area contributed by atoms with Gasteiger partial charge < -0.3 is 20.7 Å². The normalized spacial score (nSPS) is 11.4. The molecule has 0 saturated carbocycles. The van der Waals surface area contributed by atoms with Crippen molar-refractivity contribution in [1.29, 1.82) is 0 Å². The van der Waals surface area contributed by atoms with E-state index in [-0.39, 0.29) is 18.2 Å². The second kappa shape index (κ2) is 10.2. The van der Waals surface area contributed by atoms with E-state index in [2.05, 4.69) is 11.9 Å². The van der Waals surface area contributed by atoms with Gasteiger partial charge in [0.25, 0.3) is 5.91 Å². The molecule has 1 aromatic carbocycles. The van der Waals surface area contributed by atoms with Crippen LogP contribution in [-0.4, -0.2) is 48.4 Å². The third-order valence-electron chi connectivity index (χ3n) is 3.57. The van der Waals surface area contributed by atoms with E-state index < -0.39 is 12.0 Å². The topological polar surface area (TPSA) is 102 Å². The maximum atomic E-state index is 12.2. The van der Waals surface area contributed by atoms with E-state index in [0.717, 1.165) is 0 Å². The van der Waals surface area contributed by atoms with Crippen molar-refractivity contribution in [2.45, 2.75) is 26.4 Å². The van der Waals surface area contributed by atoms with Crippen LogP contribution in [0.25, 0.3) is 0 Å². The minimum absolute atomic E-state index is 0.158. The quantitative estimate of drug-likeness (QED) is 0.627. The largest absolute Gasteiger partial charge is 0.366 e. The summed E-state index contributed by atoms with van der Waals surface area (Å²) in [6.07, 6.45) is 1.16. The molecule has 1 rings (SSSR count). The lowest BCUT2D eigenvalue weighted by atomic mass is 10.2. The zero-order chi connectivity index (χ0) is 18.8. The van der Waals surface area contributed by atoms with Gasteiger partial charge in [0, 0.05) is 30.8 Å². The van der Waals surface area contributed by atoms with Gasteiger partial charge in [-0.05, 0) is 38.1 Å². The number of amides is 3. The Morgan fingerprint density at radius 3 is 2.48 bits per heavy atom. The molecule has 136 valence electrons. The van der Waals surface area contributed by atoms with Crippen molar-refractivity contribution in [1.82, 2.24) is 4.90 Å². The minimum atomic E-state index is -0.581. The molecule has 0 aliphatic carbocycles. The number of carbonyl (C=O) groups is 3. The van der Waals surface area contributed by atoms with Crippen molar-refractivity contribution in [2.24, 2.45) is 5.73 Å². The highest BCUT2D eigenvalue weighted by Crippen LogP contribution is 2.10. The Morgan fingerprint density at radius 2 is 1.96 bits per heavy atom. The number of primary amides is 1. The summed E-state index contributed by atoms with van der Waals surface area (Å²) in [4.78, 5) is 36.9. The van der Waals surface area contributed by atoms with Gasteiger partial charge in [-0.25, -0.2) is 0 Å².